The number of nitrogens with zero attached hydrogens (tertiary/aromatic N) is 7. The van der Waals surface area contributed by atoms with Crippen LogP contribution in [0.2, 0.25) is 0 Å². The number of hydrogen-bond acceptors (Lipinski definition) is 11. The molecule has 2 fully saturated rings. The Morgan fingerprint density at radius 2 is 1.82 bits per heavy atom. The van der Waals surface area contributed by atoms with Gasteiger partial charge in [-0.1, -0.05) is 0 Å². The number of anilines is 3. The lowest BCUT2D eigenvalue weighted by Crippen LogP contribution is -2.55. The van der Waals surface area contributed by atoms with Gasteiger partial charge in [-0.3, -0.25) is 19.8 Å². The van der Waals surface area contributed by atoms with Crippen LogP contribution in [0.25, 0.3) is 22.3 Å². The number of rotatable bonds is 11. The monoisotopic (exact) mass is 545 g/mol. The van der Waals surface area contributed by atoms with E-state index in [0.29, 0.717) is 36.0 Å². The molecule has 2 N–H and O–H groups in total. The highest BCUT2D eigenvalue weighted by molar-refractivity contribution is 5.90. The van der Waals surface area contributed by atoms with E-state index in [4.69, 9.17) is 14.5 Å². The number of halogens is 1. The lowest BCUT2D eigenvalue weighted by atomic mass is 10.1. The Morgan fingerprint density at radius 3 is 2.65 bits per heavy atom. The van der Waals surface area contributed by atoms with Crippen LogP contribution >= 0.6 is 0 Å². The SMILES string of the molecule is FCCN1CC(Nc2ccc(Nc3ncc4ccnc(-c5cc(OCCN6CCOCC6)ccn5)c4n3)cn2)C1. The summed E-state index contributed by atoms with van der Waals surface area (Å²) in [6.07, 6.45) is 6.96. The summed E-state index contributed by atoms with van der Waals surface area (Å²) in [5.41, 5.74) is 2.78. The van der Waals surface area contributed by atoms with Gasteiger partial charge >= 0.3 is 0 Å². The molecule has 4 aromatic rings. The number of nitrogens with one attached hydrogen (secondary N) is 2. The summed E-state index contributed by atoms with van der Waals surface area (Å²) in [5.74, 6) is 1.95. The van der Waals surface area contributed by atoms with Gasteiger partial charge in [0, 0.05) is 69.3 Å². The number of morpholine rings is 1. The summed E-state index contributed by atoms with van der Waals surface area (Å²) >= 11 is 0. The van der Waals surface area contributed by atoms with Crippen molar-refractivity contribution in [2.24, 2.45) is 0 Å². The molecular weight excluding hydrogens is 513 g/mol. The predicted octanol–water partition coefficient (Wildman–Crippen LogP) is 3.00. The summed E-state index contributed by atoms with van der Waals surface area (Å²) in [6.45, 7) is 6.66. The number of aromatic nitrogens is 5. The molecule has 0 aromatic carbocycles. The molecule has 0 aliphatic carbocycles. The summed E-state index contributed by atoms with van der Waals surface area (Å²) in [7, 11) is 0. The molecule has 0 atom stereocenters. The zero-order chi connectivity index (χ0) is 27.1. The molecule has 0 unspecified atom stereocenters. The average Bonchev–Trinajstić information content (AvgIpc) is 2.97. The fraction of sp³-hybridized carbons (Fsp3) is 0.393. The van der Waals surface area contributed by atoms with Crippen molar-refractivity contribution in [3.63, 3.8) is 0 Å². The quantitative estimate of drug-likeness (QED) is 0.290. The zero-order valence-electron chi connectivity index (χ0n) is 22.2. The van der Waals surface area contributed by atoms with Crippen molar-refractivity contribution in [2.45, 2.75) is 6.04 Å². The second kappa shape index (κ2) is 12.5. The van der Waals surface area contributed by atoms with E-state index in [9.17, 15) is 4.39 Å². The molecule has 40 heavy (non-hydrogen) atoms. The molecule has 208 valence electrons. The van der Waals surface area contributed by atoms with Gasteiger partial charge in [0.15, 0.2) is 0 Å². The number of alkyl halides is 1. The summed E-state index contributed by atoms with van der Waals surface area (Å²) in [5, 5.41) is 7.46. The Labute approximate surface area is 231 Å². The first kappa shape index (κ1) is 26.2. The lowest BCUT2D eigenvalue weighted by Gasteiger charge is -2.39. The minimum atomic E-state index is -0.313. The Balaban J connectivity index is 1.12. The largest absolute Gasteiger partial charge is 0.492 e. The number of likely N-dealkylation sites (tertiary alicyclic amines) is 1. The van der Waals surface area contributed by atoms with Crippen molar-refractivity contribution in [1.29, 1.82) is 0 Å². The molecular formula is C28H32FN9O2. The van der Waals surface area contributed by atoms with Gasteiger partial charge in [0.1, 0.15) is 36.1 Å². The van der Waals surface area contributed by atoms with E-state index in [1.54, 1.807) is 24.8 Å². The lowest BCUT2D eigenvalue weighted by molar-refractivity contribution is 0.0322. The van der Waals surface area contributed by atoms with Crippen molar-refractivity contribution < 1.29 is 13.9 Å². The van der Waals surface area contributed by atoms with Crippen molar-refractivity contribution >= 4 is 28.4 Å². The molecule has 12 heteroatoms. The van der Waals surface area contributed by atoms with Crippen LogP contribution < -0.4 is 15.4 Å². The van der Waals surface area contributed by atoms with Gasteiger partial charge in [-0.2, -0.15) is 0 Å². The van der Waals surface area contributed by atoms with E-state index < -0.39 is 0 Å². The molecule has 0 spiro atoms. The molecule has 0 saturated carbocycles. The molecule has 0 bridgehead atoms. The van der Waals surface area contributed by atoms with Crippen LogP contribution in [-0.4, -0.2) is 107 Å². The van der Waals surface area contributed by atoms with E-state index in [1.165, 1.54) is 0 Å². The third-order valence-corrected chi connectivity index (χ3v) is 6.98. The molecule has 11 nitrogen and oxygen atoms in total. The van der Waals surface area contributed by atoms with E-state index in [2.05, 4.69) is 40.4 Å². The van der Waals surface area contributed by atoms with E-state index >= 15 is 0 Å². The van der Waals surface area contributed by atoms with Crippen LogP contribution in [0.1, 0.15) is 0 Å². The Hall–Kier alpha value is -4.00. The normalized spacial score (nSPS) is 16.5. The van der Waals surface area contributed by atoms with Gasteiger partial charge in [-0.25, -0.2) is 19.3 Å². The molecule has 2 saturated heterocycles. The Bertz CT molecular complexity index is 1410. The fourth-order valence-electron chi connectivity index (χ4n) is 4.81. The minimum absolute atomic E-state index is 0.287. The number of pyridine rings is 3. The average molecular weight is 546 g/mol. The van der Waals surface area contributed by atoms with Crippen LogP contribution in [0.15, 0.2) is 55.1 Å². The molecule has 2 aliphatic rings. The third-order valence-electron chi connectivity index (χ3n) is 6.98. The maximum atomic E-state index is 12.4. The Kier molecular flexibility index (Phi) is 8.17. The topological polar surface area (TPSA) is 113 Å². The van der Waals surface area contributed by atoms with Crippen molar-refractivity contribution in [3.05, 3.63) is 55.1 Å². The summed E-state index contributed by atoms with van der Waals surface area (Å²) in [4.78, 5) is 27.2. The highest BCUT2D eigenvalue weighted by Crippen LogP contribution is 2.27. The van der Waals surface area contributed by atoms with Gasteiger partial charge in [-0.15, -0.1) is 0 Å². The fourth-order valence-corrected chi connectivity index (χ4v) is 4.81. The first-order chi connectivity index (χ1) is 19.7. The maximum absolute atomic E-state index is 12.4. The molecule has 6 heterocycles. The molecule has 0 radical (unpaired) electrons. The Morgan fingerprint density at radius 1 is 0.950 bits per heavy atom. The van der Waals surface area contributed by atoms with Crippen LogP contribution in [-0.2, 0) is 4.74 Å². The third kappa shape index (κ3) is 6.41. The summed E-state index contributed by atoms with van der Waals surface area (Å²) < 4.78 is 23.9. The van der Waals surface area contributed by atoms with E-state index in [1.807, 2.05) is 30.3 Å². The van der Waals surface area contributed by atoms with Crippen molar-refractivity contribution in [3.8, 4) is 17.1 Å². The highest BCUT2D eigenvalue weighted by Gasteiger charge is 2.26. The molecule has 4 aromatic heterocycles. The van der Waals surface area contributed by atoms with E-state index in [0.717, 1.165) is 68.6 Å². The second-order valence-corrected chi connectivity index (χ2v) is 9.82. The number of fused-ring (bicyclic) bond motifs is 1. The highest BCUT2D eigenvalue weighted by atomic mass is 19.1. The second-order valence-electron chi connectivity index (χ2n) is 9.82. The van der Waals surface area contributed by atoms with Gasteiger partial charge in [-0.05, 0) is 24.3 Å². The standard InChI is InChI=1S/C28H32FN9O2/c29-5-8-38-18-22(19-38)34-25-2-1-21(17-32-25)35-28-33-16-20-3-6-31-27(26(20)36-28)24-15-23(4-7-30-24)40-14-11-37-9-12-39-13-10-37/h1-4,6-7,15-17,22H,5,8-14,18-19H2,(H,32,34)(H,33,35,36). The van der Waals surface area contributed by atoms with Crippen LogP contribution in [0, 0.1) is 0 Å². The first-order valence-corrected chi connectivity index (χ1v) is 13.5. The van der Waals surface area contributed by atoms with Gasteiger partial charge < -0.3 is 20.1 Å². The van der Waals surface area contributed by atoms with Gasteiger partial charge in [0.25, 0.3) is 0 Å². The van der Waals surface area contributed by atoms with Gasteiger partial charge in [0.2, 0.25) is 5.95 Å². The van der Waals surface area contributed by atoms with Crippen molar-refractivity contribution in [1.82, 2.24) is 34.7 Å². The summed E-state index contributed by atoms with van der Waals surface area (Å²) in [6, 6.07) is 9.74. The number of hydrogen-bond donors (Lipinski definition) is 2. The van der Waals surface area contributed by atoms with Crippen LogP contribution in [0.4, 0.5) is 21.8 Å². The molecule has 0 amide bonds. The smallest absolute Gasteiger partial charge is 0.227 e. The zero-order valence-corrected chi connectivity index (χ0v) is 22.2. The molecule has 6 rings (SSSR count). The van der Waals surface area contributed by atoms with Crippen molar-refractivity contribution in [2.75, 3.05) is 76.4 Å². The first-order valence-electron chi connectivity index (χ1n) is 13.5. The van der Waals surface area contributed by atoms with Gasteiger partial charge in [0.05, 0.1) is 36.8 Å². The van der Waals surface area contributed by atoms with Crippen LogP contribution in [0.3, 0.4) is 0 Å². The minimum Gasteiger partial charge on any atom is -0.492 e. The molecule has 2 aliphatic heterocycles. The van der Waals surface area contributed by atoms with Crippen LogP contribution in [0.5, 0.6) is 5.75 Å². The number of ether oxygens (including phenoxy) is 2. The predicted molar refractivity (Wildman–Crippen MR) is 151 cm³/mol. The van der Waals surface area contributed by atoms with E-state index in [-0.39, 0.29) is 12.7 Å². The maximum Gasteiger partial charge on any atom is 0.227 e.